The number of carbonyl (C=O) groups is 1. The fraction of sp³-hybridized carbons (Fsp3) is 0.302. The first-order valence-corrected chi connectivity index (χ1v) is 23.4. The second kappa shape index (κ2) is 23.3. The number of esters is 1. The minimum Gasteiger partial charge on any atom is -0.457 e. The van der Waals surface area contributed by atoms with E-state index in [1.165, 1.54) is 0 Å². The van der Waals surface area contributed by atoms with E-state index in [1.54, 1.807) is 0 Å². The van der Waals surface area contributed by atoms with Crippen molar-refractivity contribution >= 4 is 13.8 Å². The molecule has 0 aliphatic rings. The van der Waals surface area contributed by atoms with Crippen molar-refractivity contribution in [3.63, 3.8) is 0 Å². The summed E-state index contributed by atoms with van der Waals surface area (Å²) in [6.07, 6.45) is 3.99. The van der Waals surface area contributed by atoms with E-state index in [0.717, 1.165) is 59.1 Å². The summed E-state index contributed by atoms with van der Waals surface area (Å²) in [7, 11) is -4.67. The van der Waals surface area contributed by atoms with Gasteiger partial charge in [-0.1, -0.05) is 222 Å². The van der Waals surface area contributed by atoms with Gasteiger partial charge in [-0.05, 0) is 46.2 Å². The van der Waals surface area contributed by atoms with Crippen molar-refractivity contribution in [3.8, 4) is 0 Å². The fourth-order valence-corrected chi connectivity index (χ4v) is 8.88. The number of unbranched alkanes of at least 4 members (excludes halogenated alkanes) is 2. The van der Waals surface area contributed by atoms with Crippen LogP contribution in [0.1, 0.15) is 85.8 Å². The number of phosphoric ester groups is 1. The van der Waals surface area contributed by atoms with E-state index in [4.69, 9.17) is 18.5 Å². The highest BCUT2D eigenvalue weighted by atomic mass is 31.2. The molecule has 2 atom stereocenters. The van der Waals surface area contributed by atoms with Crippen molar-refractivity contribution in [3.05, 3.63) is 215 Å². The topological polar surface area (TPSA) is 103 Å². The Kier molecular flexibility index (Phi) is 17.4. The van der Waals surface area contributed by atoms with Crippen molar-refractivity contribution in [2.45, 2.75) is 69.6 Å². The third-order valence-corrected chi connectivity index (χ3v) is 12.2. The summed E-state index contributed by atoms with van der Waals surface area (Å²) in [5.41, 5.74) is 3.69. The Bertz CT molecular complexity index is 2030. The maximum absolute atomic E-state index is 14.0. The third-order valence-electron chi connectivity index (χ3n) is 11.2. The molecule has 0 amide bonds. The van der Waals surface area contributed by atoms with Gasteiger partial charge in [0, 0.05) is 6.54 Å². The lowest BCUT2D eigenvalue weighted by Gasteiger charge is -2.37. The third kappa shape index (κ3) is 11.8. The Hall–Kier alpha value is -5.18. The molecule has 6 aromatic carbocycles. The Morgan fingerprint density at radius 3 is 1.31 bits per heavy atom. The molecule has 324 valence electrons. The smallest absolute Gasteiger partial charge is 0.457 e. The molecule has 0 aliphatic carbocycles. The Morgan fingerprint density at radius 2 is 0.935 bits per heavy atom. The van der Waals surface area contributed by atoms with E-state index in [1.807, 2.05) is 146 Å². The van der Waals surface area contributed by atoms with E-state index in [-0.39, 0.29) is 31.6 Å². The average molecular weight is 854 g/mol. The van der Waals surface area contributed by atoms with Crippen LogP contribution in [0.5, 0.6) is 0 Å². The molecule has 0 radical (unpaired) electrons. The highest BCUT2D eigenvalue weighted by molar-refractivity contribution is 7.47. The quantitative estimate of drug-likeness (QED) is 0.0254. The van der Waals surface area contributed by atoms with Crippen molar-refractivity contribution in [2.24, 2.45) is 5.92 Å². The van der Waals surface area contributed by atoms with Gasteiger partial charge < -0.3 is 14.4 Å². The molecule has 62 heavy (non-hydrogen) atoms. The fourth-order valence-electron chi connectivity index (χ4n) is 8.13. The van der Waals surface area contributed by atoms with Crippen LogP contribution in [0.25, 0.3) is 0 Å². The Balaban J connectivity index is 1.24. The predicted molar refractivity (Wildman–Crippen MR) is 247 cm³/mol. The van der Waals surface area contributed by atoms with Crippen LogP contribution in [0.4, 0.5) is 0 Å². The average Bonchev–Trinajstić information content (AvgIpc) is 3.33. The van der Waals surface area contributed by atoms with Crippen LogP contribution in [-0.4, -0.2) is 43.3 Å². The molecule has 0 fully saturated rings. The minimum absolute atomic E-state index is 0.145. The van der Waals surface area contributed by atoms with Gasteiger partial charge in [0.2, 0.25) is 0 Å². The first-order valence-electron chi connectivity index (χ1n) is 21.9. The number of carbonyl (C=O) groups excluding carboxylic acids is 1. The van der Waals surface area contributed by atoms with Gasteiger partial charge in [0.15, 0.2) is 0 Å². The maximum atomic E-state index is 14.0. The summed E-state index contributed by atoms with van der Waals surface area (Å²) >= 11 is 0. The summed E-state index contributed by atoms with van der Waals surface area (Å²) < 4.78 is 38.3. The standard InChI is InChI=1S/C53H60NO7P/c1-3-5-25-43(26-6-4-2)51(55)61-50(41-58-53(47-33-19-10-20-34-47,48-35-21-11-22-36-48)49-37-23-12-24-38-49)42-60-62(56,57)59-40-39-54-52(44-27-13-7-14-28-44,45-29-15-8-16-30-45)46-31-17-9-18-32-46/h7-24,27-38,43,50,54H,3-6,25-26,39-42H2,1-2H3,(H,56,57)/t50-/m1/s1. The number of phosphoric acid groups is 1. The maximum Gasteiger partial charge on any atom is 0.472 e. The number of rotatable bonds is 25. The molecular formula is C53H60NO7P. The van der Waals surface area contributed by atoms with E-state index in [9.17, 15) is 14.3 Å². The summed E-state index contributed by atoms with van der Waals surface area (Å²) in [6.45, 7) is 3.66. The summed E-state index contributed by atoms with van der Waals surface area (Å²) in [6, 6.07) is 60.0. The van der Waals surface area contributed by atoms with Crippen LogP contribution in [0.2, 0.25) is 0 Å². The van der Waals surface area contributed by atoms with Crippen molar-refractivity contribution in [1.29, 1.82) is 0 Å². The second-order valence-electron chi connectivity index (χ2n) is 15.5. The van der Waals surface area contributed by atoms with E-state index in [2.05, 4.69) is 55.6 Å². The number of nitrogens with one attached hydrogen (secondary N) is 1. The molecule has 6 rings (SSSR count). The van der Waals surface area contributed by atoms with Gasteiger partial charge >= 0.3 is 13.8 Å². The summed E-state index contributed by atoms with van der Waals surface area (Å²) in [4.78, 5) is 25.2. The lowest BCUT2D eigenvalue weighted by Crippen LogP contribution is -2.46. The molecule has 0 aromatic heterocycles. The molecule has 2 N–H and O–H groups in total. The molecule has 8 nitrogen and oxygen atoms in total. The monoisotopic (exact) mass is 853 g/mol. The SMILES string of the molecule is CCCCC(CCCC)C(=O)O[C@H](COC(c1ccccc1)(c1ccccc1)c1ccccc1)COP(=O)(O)OCCNC(c1ccccc1)(c1ccccc1)c1ccccc1. The Labute approximate surface area is 367 Å². The summed E-state index contributed by atoms with van der Waals surface area (Å²) in [5, 5.41) is 3.67. The molecule has 0 saturated heterocycles. The van der Waals surface area contributed by atoms with Crippen molar-refractivity contribution < 1.29 is 32.8 Å². The molecule has 9 heteroatoms. The van der Waals surface area contributed by atoms with E-state index in [0.29, 0.717) is 12.8 Å². The zero-order chi connectivity index (χ0) is 43.5. The van der Waals surface area contributed by atoms with E-state index >= 15 is 0 Å². The largest absolute Gasteiger partial charge is 0.472 e. The van der Waals surface area contributed by atoms with Crippen LogP contribution in [-0.2, 0) is 39.0 Å². The highest BCUT2D eigenvalue weighted by Gasteiger charge is 2.40. The van der Waals surface area contributed by atoms with Crippen LogP contribution in [0, 0.1) is 5.92 Å². The van der Waals surface area contributed by atoms with Gasteiger partial charge in [0.25, 0.3) is 0 Å². The van der Waals surface area contributed by atoms with Gasteiger partial charge in [0.05, 0.1) is 31.3 Å². The normalized spacial score (nSPS) is 13.4. The number of benzene rings is 6. The molecule has 0 bridgehead atoms. The molecule has 0 heterocycles. The molecule has 1 unspecified atom stereocenters. The first kappa shape index (κ1) is 46.3. The molecule has 6 aromatic rings. The van der Waals surface area contributed by atoms with Crippen LogP contribution < -0.4 is 5.32 Å². The Morgan fingerprint density at radius 1 is 0.565 bits per heavy atom. The van der Waals surface area contributed by atoms with Gasteiger partial charge in [0.1, 0.15) is 11.7 Å². The number of hydrogen-bond acceptors (Lipinski definition) is 7. The number of ether oxygens (including phenoxy) is 2. The van der Waals surface area contributed by atoms with Gasteiger partial charge in [-0.15, -0.1) is 0 Å². The first-order chi connectivity index (χ1) is 30.3. The summed E-state index contributed by atoms with van der Waals surface area (Å²) in [5.74, 6) is -0.687. The molecule has 0 spiro atoms. The molecule has 0 aliphatic heterocycles. The highest BCUT2D eigenvalue weighted by Crippen LogP contribution is 2.45. The van der Waals surface area contributed by atoms with Crippen LogP contribution in [0.15, 0.2) is 182 Å². The predicted octanol–water partition coefficient (Wildman–Crippen LogP) is 11.6. The van der Waals surface area contributed by atoms with Crippen molar-refractivity contribution in [1.82, 2.24) is 5.32 Å². The van der Waals surface area contributed by atoms with Crippen molar-refractivity contribution in [2.75, 3.05) is 26.4 Å². The van der Waals surface area contributed by atoms with Gasteiger partial charge in [-0.2, -0.15) is 0 Å². The zero-order valence-corrected chi connectivity index (χ0v) is 36.8. The van der Waals surface area contributed by atoms with Crippen LogP contribution in [0.3, 0.4) is 0 Å². The lowest BCUT2D eigenvalue weighted by atomic mass is 9.77. The minimum atomic E-state index is -4.67. The number of hydrogen-bond donors (Lipinski definition) is 2. The van der Waals surface area contributed by atoms with Gasteiger partial charge in [-0.3, -0.25) is 19.2 Å². The van der Waals surface area contributed by atoms with Crippen LogP contribution >= 0.6 is 7.82 Å². The zero-order valence-electron chi connectivity index (χ0n) is 35.9. The lowest BCUT2D eigenvalue weighted by molar-refractivity contribution is -0.163. The molecular weight excluding hydrogens is 794 g/mol. The molecule has 0 saturated carbocycles. The van der Waals surface area contributed by atoms with Gasteiger partial charge in [-0.25, -0.2) is 4.57 Å². The second-order valence-corrected chi connectivity index (χ2v) is 17.0. The van der Waals surface area contributed by atoms with E-state index < -0.39 is 31.7 Å².